The smallest absolute Gasteiger partial charge is 0.504 e. The summed E-state index contributed by atoms with van der Waals surface area (Å²) in [4.78, 5) is 11.1. The molecule has 1 heterocycles. The first-order valence-electron chi connectivity index (χ1n) is 4.50. The molecule has 5 nitrogen and oxygen atoms in total. The molecule has 1 aromatic heterocycles. The Morgan fingerprint density at radius 1 is 1.67 bits per heavy atom. The molecule has 15 heavy (non-hydrogen) atoms. The van der Waals surface area contributed by atoms with Gasteiger partial charge in [-0.15, -0.1) is 12.6 Å². The molecule has 0 saturated heterocycles. The van der Waals surface area contributed by atoms with Crippen molar-refractivity contribution in [1.29, 1.82) is 0 Å². The van der Waals surface area contributed by atoms with Crippen LogP contribution in [-0.2, 0) is 4.74 Å². The number of rotatable bonds is 3. The largest absolute Gasteiger partial charge is 0.710 e. The first-order chi connectivity index (χ1) is 7.15. The summed E-state index contributed by atoms with van der Waals surface area (Å²) in [6.07, 6.45) is 0.0950. The number of nitrogens with zero attached hydrogens (tertiary/aromatic N) is 1. The average Bonchev–Trinajstić information content (AvgIpc) is 2.22. The number of thiol groups is 1. The van der Waals surface area contributed by atoms with Gasteiger partial charge in [0.15, 0.2) is 5.03 Å². The van der Waals surface area contributed by atoms with E-state index >= 15 is 0 Å². The number of hydrogen-bond donors (Lipinski definition) is 2. The molecular formula is C9H12N2O3S. The lowest BCUT2D eigenvalue weighted by atomic mass is 10.4. The highest BCUT2D eigenvalue weighted by molar-refractivity contribution is 7.80. The summed E-state index contributed by atoms with van der Waals surface area (Å²) in [6.45, 7) is 2.21. The van der Waals surface area contributed by atoms with Crippen molar-refractivity contribution in [2.75, 3.05) is 11.9 Å². The summed E-state index contributed by atoms with van der Waals surface area (Å²) in [7, 11) is 0. The van der Waals surface area contributed by atoms with E-state index in [1.54, 1.807) is 6.07 Å². The number of anilines is 1. The Hall–Kier alpha value is -1.43. The van der Waals surface area contributed by atoms with Gasteiger partial charge in [0.2, 0.25) is 0 Å². The van der Waals surface area contributed by atoms with Crippen LogP contribution >= 0.6 is 12.6 Å². The van der Waals surface area contributed by atoms with Crippen molar-refractivity contribution in [2.24, 2.45) is 0 Å². The number of amides is 1. The van der Waals surface area contributed by atoms with Gasteiger partial charge in [-0.1, -0.05) is 6.92 Å². The lowest BCUT2D eigenvalue weighted by Crippen LogP contribution is -2.34. The summed E-state index contributed by atoms with van der Waals surface area (Å²) >= 11 is 3.92. The molecule has 0 aliphatic carbocycles. The third-order valence-corrected chi connectivity index (χ3v) is 1.92. The quantitative estimate of drug-likeness (QED) is 0.469. The van der Waals surface area contributed by atoms with E-state index in [9.17, 15) is 10.0 Å². The summed E-state index contributed by atoms with van der Waals surface area (Å²) < 4.78 is 5.27. The van der Waals surface area contributed by atoms with Crippen LogP contribution in [0.15, 0.2) is 23.2 Å². The standard InChI is InChI=1S/C9H12N2O3S/c1-2-6-14-9(12)10-7-4-3-5-8(15)11(7)13/h3-5,15H,2,6H2,1H3,(H,10,12). The third-order valence-electron chi connectivity index (χ3n) is 1.59. The fraction of sp³-hybridized carbons (Fsp3) is 0.333. The van der Waals surface area contributed by atoms with Crippen LogP contribution < -0.4 is 10.0 Å². The highest BCUT2D eigenvalue weighted by atomic mass is 32.1. The molecule has 0 aliphatic heterocycles. The Bertz CT molecular complexity index is 357. The van der Waals surface area contributed by atoms with Gasteiger partial charge in [-0.3, -0.25) is 0 Å². The summed E-state index contributed by atoms with van der Waals surface area (Å²) in [5.74, 6) is 0.101. The summed E-state index contributed by atoms with van der Waals surface area (Å²) in [5.41, 5.74) is 0. The lowest BCUT2D eigenvalue weighted by molar-refractivity contribution is -0.630. The molecule has 1 aromatic rings. The number of aromatic nitrogens is 1. The van der Waals surface area contributed by atoms with E-state index in [0.717, 1.165) is 6.42 Å². The van der Waals surface area contributed by atoms with E-state index in [0.29, 0.717) is 11.3 Å². The van der Waals surface area contributed by atoms with Crippen molar-refractivity contribution in [3.05, 3.63) is 23.4 Å². The summed E-state index contributed by atoms with van der Waals surface area (Å²) in [6, 6.07) is 4.62. The topological polar surface area (TPSA) is 65.3 Å². The zero-order chi connectivity index (χ0) is 11.3. The fourth-order valence-electron chi connectivity index (χ4n) is 0.912. The summed E-state index contributed by atoms with van der Waals surface area (Å²) in [5, 5.41) is 13.9. The Morgan fingerprint density at radius 2 is 2.40 bits per heavy atom. The van der Waals surface area contributed by atoms with Crippen LogP contribution in [0, 0.1) is 5.21 Å². The average molecular weight is 228 g/mol. The van der Waals surface area contributed by atoms with Crippen LogP contribution in [0.2, 0.25) is 0 Å². The molecule has 0 saturated carbocycles. The molecule has 0 bridgehead atoms. The van der Waals surface area contributed by atoms with Crippen molar-refractivity contribution >= 4 is 24.5 Å². The Morgan fingerprint density at radius 3 is 3.07 bits per heavy atom. The number of ether oxygens (including phenoxy) is 1. The molecule has 0 radical (unpaired) electrons. The first-order valence-corrected chi connectivity index (χ1v) is 4.95. The maximum atomic E-state index is 11.3. The number of carbonyl (C=O) groups excluding carboxylic acids is 1. The minimum Gasteiger partial charge on any atom is -0.710 e. The molecule has 1 rings (SSSR count). The van der Waals surface area contributed by atoms with Crippen LogP contribution in [0.25, 0.3) is 0 Å². The van der Waals surface area contributed by atoms with Crippen molar-refractivity contribution in [3.8, 4) is 0 Å². The van der Waals surface area contributed by atoms with E-state index in [4.69, 9.17) is 4.74 Å². The lowest BCUT2D eigenvalue weighted by Gasteiger charge is -2.09. The van der Waals surface area contributed by atoms with Gasteiger partial charge in [0.05, 0.1) is 6.61 Å². The number of pyridine rings is 1. The van der Waals surface area contributed by atoms with E-state index in [1.807, 2.05) is 6.92 Å². The number of carbonyl (C=O) groups is 1. The van der Waals surface area contributed by atoms with Gasteiger partial charge in [0.25, 0.3) is 5.82 Å². The molecule has 1 N–H and O–H groups in total. The molecular weight excluding hydrogens is 216 g/mol. The van der Waals surface area contributed by atoms with E-state index in [-0.39, 0.29) is 10.8 Å². The highest BCUT2D eigenvalue weighted by Crippen LogP contribution is 2.05. The second kappa shape index (κ2) is 5.45. The molecule has 0 aromatic carbocycles. The third kappa shape index (κ3) is 3.32. The minimum absolute atomic E-state index is 0.101. The number of nitrogens with one attached hydrogen (secondary N) is 1. The maximum Gasteiger partial charge on any atom is 0.504 e. The van der Waals surface area contributed by atoms with Gasteiger partial charge in [-0.25, -0.2) is 4.73 Å². The molecule has 82 valence electrons. The minimum atomic E-state index is -0.639. The monoisotopic (exact) mass is 228 g/mol. The van der Waals surface area contributed by atoms with Crippen molar-refractivity contribution in [2.45, 2.75) is 18.4 Å². The SMILES string of the molecule is CCCOC(=O)Nc1cccc(S)[n+]1[O-]. The van der Waals surface area contributed by atoms with Crippen LogP contribution in [0.4, 0.5) is 10.6 Å². The molecule has 0 aliphatic rings. The normalized spacial score (nSPS) is 9.73. The van der Waals surface area contributed by atoms with Gasteiger partial charge in [-0.05, 0) is 18.6 Å². The van der Waals surface area contributed by atoms with Gasteiger partial charge in [-0.2, -0.15) is 10.1 Å². The van der Waals surface area contributed by atoms with Crippen molar-refractivity contribution in [1.82, 2.24) is 0 Å². The predicted molar refractivity (Wildman–Crippen MR) is 57.9 cm³/mol. The van der Waals surface area contributed by atoms with Crippen LogP contribution in [0.5, 0.6) is 0 Å². The number of hydrogen-bond acceptors (Lipinski definition) is 4. The molecule has 0 fully saturated rings. The Balaban J connectivity index is 2.64. The zero-order valence-electron chi connectivity index (χ0n) is 8.27. The van der Waals surface area contributed by atoms with E-state index in [2.05, 4.69) is 17.9 Å². The van der Waals surface area contributed by atoms with Gasteiger partial charge < -0.3 is 9.94 Å². The van der Waals surface area contributed by atoms with E-state index in [1.165, 1.54) is 12.1 Å². The van der Waals surface area contributed by atoms with Crippen molar-refractivity contribution < 1.29 is 14.3 Å². The van der Waals surface area contributed by atoms with Crippen LogP contribution in [0.3, 0.4) is 0 Å². The second-order valence-electron chi connectivity index (χ2n) is 2.82. The molecule has 0 spiro atoms. The Labute approximate surface area is 93.0 Å². The van der Waals surface area contributed by atoms with E-state index < -0.39 is 6.09 Å². The Kier molecular flexibility index (Phi) is 4.23. The molecule has 0 atom stereocenters. The fourth-order valence-corrected chi connectivity index (χ4v) is 1.11. The van der Waals surface area contributed by atoms with Crippen LogP contribution in [0.1, 0.15) is 13.3 Å². The highest BCUT2D eigenvalue weighted by Gasteiger charge is 2.12. The molecule has 1 amide bonds. The maximum absolute atomic E-state index is 11.3. The van der Waals surface area contributed by atoms with Crippen LogP contribution in [-0.4, -0.2) is 12.7 Å². The van der Waals surface area contributed by atoms with Gasteiger partial charge in [0.1, 0.15) is 0 Å². The molecule has 0 unspecified atom stereocenters. The predicted octanol–water partition coefficient (Wildman–Crippen LogP) is 1.57. The van der Waals surface area contributed by atoms with Gasteiger partial charge >= 0.3 is 6.09 Å². The van der Waals surface area contributed by atoms with Gasteiger partial charge in [0, 0.05) is 6.07 Å². The molecule has 6 heteroatoms. The van der Waals surface area contributed by atoms with Crippen molar-refractivity contribution in [3.63, 3.8) is 0 Å². The first kappa shape index (κ1) is 11.6. The zero-order valence-corrected chi connectivity index (χ0v) is 9.16. The second-order valence-corrected chi connectivity index (χ2v) is 3.28.